The van der Waals surface area contributed by atoms with Crippen LogP contribution in [0.4, 0.5) is 0 Å². The van der Waals surface area contributed by atoms with Gasteiger partial charge in [0, 0.05) is 16.6 Å². The first-order valence-corrected chi connectivity index (χ1v) is 8.62. The van der Waals surface area contributed by atoms with Crippen LogP contribution in [0.15, 0.2) is 22.7 Å². The van der Waals surface area contributed by atoms with Crippen LogP contribution in [0.2, 0.25) is 0 Å². The fraction of sp³-hybridized carbons (Fsp3) is 0.529. The maximum absolute atomic E-state index is 12.6. The molecule has 1 amide bonds. The van der Waals surface area contributed by atoms with Crippen LogP contribution >= 0.6 is 15.9 Å². The zero-order valence-electron chi connectivity index (χ0n) is 13.6. The van der Waals surface area contributed by atoms with Gasteiger partial charge in [-0.25, -0.2) is 4.79 Å². The second-order valence-electron chi connectivity index (χ2n) is 6.08. The molecular weight excluding hydrogens is 362 g/mol. The number of ether oxygens (including phenoxy) is 1. The highest BCUT2D eigenvalue weighted by Crippen LogP contribution is 2.25. The fourth-order valence-electron chi connectivity index (χ4n) is 3.01. The Kier molecular flexibility index (Phi) is 5.68. The molecule has 5 nitrogen and oxygen atoms in total. The Hall–Kier alpha value is -1.56. The molecule has 0 unspecified atom stereocenters. The molecule has 1 saturated heterocycles. The Morgan fingerprint density at radius 1 is 1.30 bits per heavy atom. The summed E-state index contributed by atoms with van der Waals surface area (Å²) in [5.41, 5.74) is 0.0405. The van der Waals surface area contributed by atoms with Crippen molar-refractivity contribution in [2.75, 3.05) is 0 Å². The molecule has 0 aromatic heterocycles. The lowest BCUT2D eigenvalue weighted by Gasteiger charge is -2.40. The summed E-state index contributed by atoms with van der Waals surface area (Å²) in [6.45, 7) is 5.60. The van der Waals surface area contributed by atoms with Gasteiger partial charge >= 0.3 is 5.97 Å². The molecule has 1 fully saturated rings. The van der Waals surface area contributed by atoms with E-state index in [0.717, 1.165) is 19.3 Å². The Labute approximate surface area is 144 Å². The van der Waals surface area contributed by atoms with Crippen LogP contribution in [-0.2, 0) is 9.53 Å². The normalized spacial score (nSPS) is 22.5. The second kappa shape index (κ2) is 7.34. The number of hydrogen-bond donors (Lipinski definition) is 1. The third-order valence-corrected chi connectivity index (χ3v) is 4.75. The summed E-state index contributed by atoms with van der Waals surface area (Å²) in [5.74, 6) is -1.06. The Morgan fingerprint density at radius 3 is 2.52 bits per heavy atom. The number of carbonyl (C=O) groups excluding carboxylic acids is 2. The number of phenols is 1. The Morgan fingerprint density at radius 2 is 1.91 bits per heavy atom. The molecule has 3 atom stereocenters. The monoisotopic (exact) mass is 383 g/mol. The first-order chi connectivity index (χ1) is 10.8. The number of benzene rings is 1. The highest BCUT2D eigenvalue weighted by molar-refractivity contribution is 9.10. The van der Waals surface area contributed by atoms with E-state index < -0.39 is 12.1 Å². The average molecular weight is 384 g/mol. The Bertz CT molecular complexity index is 594. The van der Waals surface area contributed by atoms with Crippen molar-refractivity contribution in [2.45, 2.75) is 58.2 Å². The molecule has 23 heavy (non-hydrogen) atoms. The van der Waals surface area contributed by atoms with E-state index in [2.05, 4.69) is 15.9 Å². The third kappa shape index (κ3) is 4.05. The van der Waals surface area contributed by atoms with Crippen LogP contribution in [0.1, 0.15) is 50.4 Å². The van der Waals surface area contributed by atoms with E-state index in [9.17, 15) is 14.7 Å². The minimum Gasteiger partial charge on any atom is -0.507 e. The first-order valence-electron chi connectivity index (χ1n) is 7.83. The van der Waals surface area contributed by atoms with Crippen LogP contribution in [0.25, 0.3) is 0 Å². The molecule has 1 aliphatic heterocycles. The van der Waals surface area contributed by atoms with Crippen molar-refractivity contribution in [2.24, 2.45) is 0 Å². The van der Waals surface area contributed by atoms with E-state index in [0.29, 0.717) is 4.47 Å². The molecule has 1 aliphatic rings. The molecule has 6 heteroatoms. The number of amides is 1. The lowest BCUT2D eigenvalue weighted by atomic mass is 9.97. The fourth-order valence-corrected chi connectivity index (χ4v) is 3.37. The van der Waals surface area contributed by atoms with Gasteiger partial charge in [0.25, 0.3) is 5.91 Å². The largest absolute Gasteiger partial charge is 0.507 e. The van der Waals surface area contributed by atoms with Gasteiger partial charge in [-0.3, -0.25) is 4.79 Å². The lowest BCUT2D eigenvalue weighted by Crippen LogP contribution is -2.51. The van der Waals surface area contributed by atoms with E-state index >= 15 is 0 Å². The summed E-state index contributed by atoms with van der Waals surface area (Å²) in [6, 6.07) is 4.79. The van der Waals surface area contributed by atoms with Gasteiger partial charge in [-0.1, -0.05) is 15.9 Å². The van der Waals surface area contributed by atoms with Gasteiger partial charge in [-0.05, 0) is 58.2 Å². The van der Waals surface area contributed by atoms with E-state index in [1.165, 1.54) is 12.1 Å². The van der Waals surface area contributed by atoms with Gasteiger partial charge in [0.15, 0.2) is 6.10 Å². The van der Waals surface area contributed by atoms with Crippen molar-refractivity contribution in [3.05, 3.63) is 28.2 Å². The predicted molar refractivity (Wildman–Crippen MR) is 90.3 cm³/mol. The van der Waals surface area contributed by atoms with E-state index in [1.54, 1.807) is 13.0 Å². The number of carbonyl (C=O) groups is 2. The summed E-state index contributed by atoms with van der Waals surface area (Å²) in [4.78, 5) is 26.6. The highest BCUT2D eigenvalue weighted by Gasteiger charge is 2.33. The van der Waals surface area contributed by atoms with Crippen molar-refractivity contribution in [3.63, 3.8) is 0 Å². The number of hydrogen-bond acceptors (Lipinski definition) is 4. The van der Waals surface area contributed by atoms with Crippen LogP contribution < -0.4 is 0 Å². The van der Waals surface area contributed by atoms with Gasteiger partial charge in [-0.2, -0.15) is 0 Å². The topological polar surface area (TPSA) is 66.8 Å². The first kappa shape index (κ1) is 17.8. The van der Waals surface area contributed by atoms with Gasteiger partial charge in [0.05, 0.1) is 0 Å². The molecule has 0 aliphatic carbocycles. The SMILES string of the molecule is C[C@@H](OC(=O)c1cc(Br)ccc1O)C(=O)N1[C@@H](C)CCC[C@@H]1C. The zero-order chi connectivity index (χ0) is 17.1. The number of phenolic OH excluding ortho intramolecular Hbond substituents is 1. The van der Waals surface area contributed by atoms with Gasteiger partial charge in [0.1, 0.15) is 11.3 Å². The minimum atomic E-state index is -0.885. The molecule has 1 aromatic rings. The van der Waals surface area contributed by atoms with Crippen molar-refractivity contribution in [3.8, 4) is 5.75 Å². The molecule has 1 aromatic carbocycles. The molecule has 0 saturated carbocycles. The molecule has 2 rings (SSSR count). The number of esters is 1. The van der Waals surface area contributed by atoms with Crippen molar-refractivity contribution in [1.82, 2.24) is 4.90 Å². The minimum absolute atomic E-state index is 0.0405. The summed E-state index contributed by atoms with van der Waals surface area (Å²) < 4.78 is 5.93. The smallest absolute Gasteiger partial charge is 0.342 e. The van der Waals surface area contributed by atoms with Crippen LogP contribution in [-0.4, -0.2) is 40.1 Å². The molecular formula is C17H22BrNO4. The summed E-state index contributed by atoms with van der Waals surface area (Å²) in [5, 5.41) is 9.77. The van der Waals surface area contributed by atoms with Crippen molar-refractivity contribution < 1.29 is 19.4 Å². The summed E-state index contributed by atoms with van der Waals surface area (Å²) in [6.07, 6.45) is 2.14. The molecule has 0 bridgehead atoms. The van der Waals surface area contributed by atoms with Crippen LogP contribution in [0, 0.1) is 0 Å². The van der Waals surface area contributed by atoms with E-state index in [1.807, 2.05) is 18.7 Å². The number of piperidine rings is 1. The number of nitrogens with zero attached hydrogens (tertiary/aromatic N) is 1. The van der Waals surface area contributed by atoms with E-state index in [-0.39, 0.29) is 29.3 Å². The Balaban J connectivity index is 2.08. The number of halogens is 1. The third-order valence-electron chi connectivity index (χ3n) is 4.26. The summed E-state index contributed by atoms with van der Waals surface area (Å²) >= 11 is 3.24. The van der Waals surface area contributed by atoms with Crippen LogP contribution in [0.3, 0.4) is 0 Å². The average Bonchev–Trinajstić information content (AvgIpc) is 2.49. The summed E-state index contributed by atoms with van der Waals surface area (Å²) in [7, 11) is 0. The predicted octanol–water partition coefficient (Wildman–Crippen LogP) is 3.49. The standard InChI is InChI=1S/C17H22BrNO4/c1-10-5-4-6-11(2)19(10)16(21)12(3)23-17(22)14-9-13(18)7-8-15(14)20/h7-12,20H,4-6H2,1-3H3/t10-,11-,12+/m0/s1. The number of rotatable bonds is 3. The second-order valence-corrected chi connectivity index (χ2v) is 7.00. The van der Waals surface area contributed by atoms with E-state index in [4.69, 9.17) is 4.74 Å². The molecule has 1 N–H and O–H groups in total. The molecule has 0 radical (unpaired) electrons. The quantitative estimate of drug-likeness (QED) is 0.811. The maximum Gasteiger partial charge on any atom is 0.342 e. The van der Waals surface area contributed by atoms with Crippen LogP contribution in [0.5, 0.6) is 5.75 Å². The highest BCUT2D eigenvalue weighted by atomic mass is 79.9. The van der Waals surface area contributed by atoms with Crippen molar-refractivity contribution in [1.29, 1.82) is 0 Å². The number of aromatic hydroxyl groups is 1. The maximum atomic E-state index is 12.6. The van der Waals surface area contributed by atoms with Gasteiger partial charge in [0.2, 0.25) is 0 Å². The molecule has 126 valence electrons. The molecule has 1 heterocycles. The van der Waals surface area contributed by atoms with Gasteiger partial charge < -0.3 is 14.7 Å². The van der Waals surface area contributed by atoms with Gasteiger partial charge in [-0.15, -0.1) is 0 Å². The number of likely N-dealkylation sites (tertiary alicyclic amines) is 1. The zero-order valence-corrected chi connectivity index (χ0v) is 15.2. The lowest BCUT2D eigenvalue weighted by molar-refractivity contribution is -0.146. The van der Waals surface area contributed by atoms with Crippen molar-refractivity contribution >= 4 is 27.8 Å². The molecule has 0 spiro atoms.